The minimum atomic E-state index is -0.157. The van der Waals surface area contributed by atoms with E-state index in [1.807, 2.05) is 36.9 Å². The van der Waals surface area contributed by atoms with E-state index in [0.717, 1.165) is 6.42 Å². The smallest absolute Gasteiger partial charge is 0.227 e. The Bertz CT molecular complexity index is 406. The largest absolute Gasteiger partial charge is 0.338 e. The number of carbonyl (C=O) groups is 1. The normalized spacial score (nSPS) is 12.9. The van der Waals surface area contributed by atoms with Crippen molar-refractivity contribution in [1.82, 2.24) is 4.90 Å². The van der Waals surface area contributed by atoms with Gasteiger partial charge in [-0.1, -0.05) is 43.3 Å². The van der Waals surface area contributed by atoms with E-state index in [2.05, 4.69) is 18.7 Å². The minimum Gasteiger partial charge on any atom is -0.338 e. The Labute approximate surface area is 128 Å². The van der Waals surface area contributed by atoms with Crippen LogP contribution >= 0.6 is 12.4 Å². The molecule has 112 valence electrons. The van der Waals surface area contributed by atoms with Gasteiger partial charge >= 0.3 is 0 Å². The molecule has 2 unspecified atom stereocenters. The molecule has 3 nitrogen and oxygen atoms in total. The molecule has 1 aromatic rings. The molecule has 2 atom stereocenters. The van der Waals surface area contributed by atoms with Crippen molar-refractivity contribution < 1.29 is 4.79 Å². The van der Waals surface area contributed by atoms with Crippen LogP contribution in [-0.2, 0) is 11.2 Å². The first-order chi connectivity index (χ1) is 9.06. The Kier molecular flexibility index (Phi) is 8.93. The molecule has 0 spiro atoms. The predicted molar refractivity (Wildman–Crippen MR) is 87.0 cm³/mol. The molecule has 1 aromatic carbocycles. The molecule has 2 N–H and O–H groups in total. The highest BCUT2D eigenvalue weighted by Gasteiger charge is 2.22. The zero-order valence-corrected chi connectivity index (χ0v) is 13.1. The van der Waals surface area contributed by atoms with Crippen molar-refractivity contribution in [3.8, 4) is 0 Å². The van der Waals surface area contributed by atoms with E-state index in [0.29, 0.717) is 13.1 Å². The van der Waals surface area contributed by atoms with Gasteiger partial charge in [-0.3, -0.25) is 4.79 Å². The van der Waals surface area contributed by atoms with Crippen LogP contribution in [0.3, 0.4) is 0 Å². The van der Waals surface area contributed by atoms with Gasteiger partial charge in [0, 0.05) is 19.1 Å². The molecule has 0 bridgehead atoms. The van der Waals surface area contributed by atoms with Crippen molar-refractivity contribution in [1.29, 1.82) is 0 Å². The summed E-state index contributed by atoms with van der Waals surface area (Å²) in [6.07, 6.45) is 2.61. The van der Waals surface area contributed by atoms with E-state index in [-0.39, 0.29) is 30.3 Å². The Hall–Kier alpha value is -1.32. The molecular formula is C16H25ClN2O. The summed E-state index contributed by atoms with van der Waals surface area (Å²) in [5, 5.41) is 0. The van der Waals surface area contributed by atoms with Crippen LogP contribution in [0.25, 0.3) is 0 Å². The highest BCUT2D eigenvalue weighted by Crippen LogP contribution is 2.08. The van der Waals surface area contributed by atoms with Crippen molar-refractivity contribution in [3.05, 3.63) is 48.6 Å². The number of hydrogen-bond donors (Lipinski definition) is 1. The molecule has 20 heavy (non-hydrogen) atoms. The number of hydrogen-bond acceptors (Lipinski definition) is 2. The second-order valence-corrected chi connectivity index (χ2v) is 4.96. The SMILES string of the molecule is C=CCN(CCc1ccccc1)C(=O)C(C)C(C)N.Cl. The molecule has 0 saturated carbocycles. The van der Waals surface area contributed by atoms with E-state index in [9.17, 15) is 4.79 Å². The molecule has 1 amide bonds. The van der Waals surface area contributed by atoms with E-state index >= 15 is 0 Å². The van der Waals surface area contributed by atoms with Crippen LogP contribution in [0.1, 0.15) is 19.4 Å². The number of carbonyl (C=O) groups excluding carboxylic acids is 1. The summed E-state index contributed by atoms with van der Waals surface area (Å²) in [6.45, 7) is 8.74. The third-order valence-electron chi connectivity index (χ3n) is 3.35. The van der Waals surface area contributed by atoms with E-state index in [1.165, 1.54) is 5.56 Å². The quantitative estimate of drug-likeness (QED) is 0.786. The van der Waals surface area contributed by atoms with Crippen LogP contribution in [0.4, 0.5) is 0 Å². The van der Waals surface area contributed by atoms with Crippen molar-refractivity contribution in [2.24, 2.45) is 11.7 Å². The monoisotopic (exact) mass is 296 g/mol. The summed E-state index contributed by atoms with van der Waals surface area (Å²) in [5.74, 6) is -0.0541. The number of nitrogens with zero attached hydrogens (tertiary/aromatic N) is 1. The molecule has 0 aliphatic carbocycles. The fourth-order valence-corrected chi connectivity index (χ4v) is 1.87. The van der Waals surface area contributed by atoms with Gasteiger partial charge in [-0.05, 0) is 18.9 Å². The van der Waals surface area contributed by atoms with Gasteiger partial charge in [0.25, 0.3) is 0 Å². The summed E-state index contributed by atoms with van der Waals surface area (Å²) in [7, 11) is 0. The van der Waals surface area contributed by atoms with Crippen LogP contribution in [0.15, 0.2) is 43.0 Å². The fourth-order valence-electron chi connectivity index (χ4n) is 1.87. The molecule has 0 saturated heterocycles. The Morgan fingerprint density at radius 2 is 1.95 bits per heavy atom. The number of nitrogens with two attached hydrogens (primary N) is 1. The number of rotatable bonds is 7. The molecular weight excluding hydrogens is 272 g/mol. The van der Waals surface area contributed by atoms with Gasteiger partial charge in [-0.2, -0.15) is 0 Å². The van der Waals surface area contributed by atoms with Gasteiger partial charge in [0.05, 0.1) is 5.92 Å². The van der Waals surface area contributed by atoms with Crippen LogP contribution < -0.4 is 5.73 Å². The number of amides is 1. The molecule has 0 radical (unpaired) electrons. The first-order valence-electron chi connectivity index (χ1n) is 6.75. The Balaban J connectivity index is 0.00000361. The van der Waals surface area contributed by atoms with E-state index < -0.39 is 0 Å². The second kappa shape index (κ2) is 9.56. The van der Waals surface area contributed by atoms with Crippen molar-refractivity contribution in [3.63, 3.8) is 0 Å². The van der Waals surface area contributed by atoms with Crippen molar-refractivity contribution in [2.75, 3.05) is 13.1 Å². The van der Waals surface area contributed by atoms with Crippen LogP contribution in [0, 0.1) is 5.92 Å². The third kappa shape index (κ3) is 5.76. The summed E-state index contributed by atoms with van der Waals surface area (Å²) in [6, 6.07) is 10.0. The second-order valence-electron chi connectivity index (χ2n) is 4.96. The lowest BCUT2D eigenvalue weighted by atomic mass is 10.0. The molecule has 0 aliphatic rings. The number of halogens is 1. The summed E-state index contributed by atoms with van der Waals surface area (Å²) in [5.41, 5.74) is 7.04. The maximum Gasteiger partial charge on any atom is 0.227 e. The van der Waals surface area contributed by atoms with E-state index in [4.69, 9.17) is 5.73 Å². The molecule has 0 heterocycles. The predicted octanol–water partition coefficient (Wildman–Crippen LogP) is 2.65. The molecule has 1 rings (SSSR count). The molecule has 4 heteroatoms. The average Bonchev–Trinajstić information content (AvgIpc) is 2.42. The van der Waals surface area contributed by atoms with Gasteiger partial charge in [-0.25, -0.2) is 0 Å². The van der Waals surface area contributed by atoms with Crippen molar-refractivity contribution >= 4 is 18.3 Å². The highest BCUT2D eigenvalue weighted by molar-refractivity contribution is 5.85. The highest BCUT2D eigenvalue weighted by atomic mass is 35.5. The fraction of sp³-hybridized carbons (Fsp3) is 0.438. The summed E-state index contributed by atoms with van der Waals surface area (Å²) in [4.78, 5) is 14.1. The lowest BCUT2D eigenvalue weighted by molar-refractivity contribution is -0.134. The van der Waals surface area contributed by atoms with Gasteiger partial charge in [0.2, 0.25) is 5.91 Å². The van der Waals surface area contributed by atoms with Crippen LogP contribution in [0.2, 0.25) is 0 Å². The van der Waals surface area contributed by atoms with Gasteiger partial charge in [0.1, 0.15) is 0 Å². The summed E-state index contributed by atoms with van der Waals surface area (Å²) < 4.78 is 0. The van der Waals surface area contributed by atoms with Gasteiger partial charge in [-0.15, -0.1) is 19.0 Å². The third-order valence-corrected chi connectivity index (χ3v) is 3.35. The van der Waals surface area contributed by atoms with Crippen molar-refractivity contribution in [2.45, 2.75) is 26.3 Å². The first kappa shape index (κ1) is 18.7. The maximum atomic E-state index is 12.3. The maximum absolute atomic E-state index is 12.3. The van der Waals surface area contributed by atoms with Crippen LogP contribution in [-0.4, -0.2) is 29.9 Å². The Morgan fingerprint density at radius 1 is 1.35 bits per heavy atom. The minimum absolute atomic E-state index is 0. The van der Waals surface area contributed by atoms with Gasteiger partial charge in [0.15, 0.2) is 0 Å². The van der Waals surface area contributed by atoms with Crippen LogP contribution in [0.5, 0.6) is 0 Å². The lowest BCUT2D eigenvalue weighted by Crippen LogP contribution is -2.42. The number of benzene rings is 1. The molecule has 0 fully saturated rings. The lowest BCUT2D eigenvalue weighted by Gasteiger charge is -2.26. The molecule has 0 aliphatic heterocycles. The zero-order chi connectivity index (χ0) is 14.3. The topological polar surface area (TPSA) is 46.3 Å². The average molecular weight is 297 g/mol. The first-order valence-corrected chi connectivity index (χ1v) is 6.75. The van der Waals surface area contributed by atoms with Gasteiger partial charge < -0.3 is 10.6 Å². The zero-order valence-electron chi connectivity index (χ0n) is 12.3. The summed E-state index contributed by atoms with van der Waals surface area (Å²) >= 11 is 0. The Morgan fingerprint density at radius 3 is 2.45 bits per heavy atom. The molecule has 0 aromatic heterocycles. The van der Waals surface area contributed by atoms with E-state index in [1.54, 1.807) is 6.08 Å². The standard InChI is InChI=1S/C16H24N2O.ClH/c1-4-11-18(16(19)13(2)14(3)17)12-10-15-8-6-5-7-9-15;/h4-9,13-14H,1,10-12,17H2,2-3H3;1H.